The lowest BCUT2D eigenvalue weighted by Gasteiger charge is -1.83. The Morgan fingerprint density at radius 2 is 1.73 bits per heavy atom. The predicted octanol–water partition coefficient (Wildman–Crippen LogP) is 1.92. The summed E-state index contributed by atoms with van der Waals surface area (Å²) in [4.78, 5) is 0. The Bertz CT molecular complexity index is 160. The molecular formula is C9H15NO. The Hall–Kier alpha value is -1.02. The second-order valence-corrected chi connectivity index (χ2v) is 1.99. The quantitative estimate of drug-likeness (QED) is 0.625. The van der Waals surface area contributed by atoms with E-state index in [1.54, 1.807) is 7.11 Å². The minimum Gasteiger partial charge on any atom is -0.399 e. The van der Waals surface area contributed by atoms with Gasteiger partial charge in [-0.2, -0.15) is 0 Å². The van der Waals surface area contributed by atoms with Gasteiger partial charge in [0.2, 0.25) is 0 Å². The van der Waals surface area contributed by atoms with Crippen molar-refractivity contribution in [2.24, 2.45) is 0 Å². The molecule has 0 radical (unpaired) electrons. The molecule has 1 aromatic rings. The predicted molar refractivity (Wildman–Crippen MR) is 48.4 cm³/mol. The second-order valence-electron chi connectivity index (χ2n) is 1.99. The number of ether oxygens (including phenoxy) is 1. The Labute approximate surface area is 68.0 Å². The van der Waals surface area contributed by atoms with Gasteiger partial charge in [0, 0.05) is 19.4 Å². The highest BCUT2D eigenvalue weighted by Gasteiger charge is 1.72. The van der Waals surface area contributed by atoms with Crippen molar-refractivity contribution in [2.45, 2.75) is 6.92 Å². The molecule has 2 heteroatoms. The summed E-state index contributed by atoms with van der Waals surface area (Å²) in [5, 5.41) is 0. The summed E-state index contributed by atoms with van der Waals surface area (Å²) in [7, 11) is 1.68. The van der Waals surface area contributed by atoms with Crippen LogP contribution in [0.4, 0.5) is 5.69 Å². The molecule has 0 unspecified atom stereocenters. The number of hydrogen-bond acceptors (Lipinski definition) is 2. The molecule has 1 rings (SSSR count). The van der Waals surface area contributed by atoms with Gasteiger partial charge in [-0.05, 0) is 19.1 Å². The fourth-order valence-electron chi connectivity index (χ4n) is 0.453. The fraction of sp³-hybridized carbons (Fsp3) is 0.333. The second kappa shape index (κ2) is 7.09. The number of nitrogen functional groups attached to an aromatic ring is 1. The van der Waals surface area contributed by atoms with Crippen molar-refractivity contribution in [1.29, 1.82) is 0 Å². The number of rotatable bonds is 1. The number of benzene rings is 1. The highest BCUT2D eigenvalue weighted by Crippen LogP contribution is 1.95. The zero-order valence-corrected chi connectivity index (χ0v) is 7.08. The summed E-state index contributed by atoms with van der Waals surface area (Å²) in [5.41, 5.74) is 6.18. The van der Waals surface area contributed by atoms with E-state index in [0.29, 0.717) is 0 Å². The molecule has 0 aromatic heterocycles. The molecule has 1 aromatic carbocycles. The first-order valence-corrected chi connectivity index (χ1v) is 3.60. The average molecular weight is 153 g/mol. The van der Waals surface area contributed by atoms with Crippen molar-refractivity contribution < 1.29 is 4.74 Å². The Balaban J connectivity index is 0.000000218. The van der Waals surface area contributed by atoms with Crippen molar-refractivity contribution in [2.75, 3.05) is 19.5 Å². The maximum atomic E-state index is 5.36. The third kappa shape index (κ3) is 6.87. The standard InChI is InChI=1S/C6H7N.C3H8O/c7-6-4-2-1-3-5-6;1-3-4-2/h1-5H,7H2;3H2,1-2H3. The molecule has 11 heavy (non-hydrogen) atoms. The monoisotopic (exact) mass is 153 g/mol. The van der Waals surface area contributed by atoms with Crippen molar-refractivity contribution in [1.82, 2.24) is 0 Å². The van der Waals surface area contributed by atoms with Gasteiger partial charge in [-0.15, -0.1) is 0 Å². The number of nitrogens with two attached hydrogens (primary N) is 1. The first-order valence-electron chi connectivity index (χ1n) is 3.60. The number of methoxy groups -OCH3 is 1. The van der Waals surface area contributed by atoms with E-state index in [-0.39, 0.29) is 0 Å². The van der Waals surface area contributed by atoms with Gasteiger partial charge in [-0.25, -0.2) is 0 Å². The maximum Gasteiger partial charge on any atom is 0.0433 e. The molecular weight excluding hydrogens is 138 g/mol. The van der Waals surface area contributed by atoms with Crippen LogP contribution < -0.4 is 5.73 Å². The van der Waals surface area contributed by atoms with E-state index in [1.165, 1.54) is 0 Å². The zero-order chi connectivity index (χ0) is 8.53. The molecule has 62 valence electrons. The first kappa shape index (κ1) is 9.98. The Morgan fingerprint density at radius 3 is 1.91 bits per heavy atom. The van der Waals surface area contributed by atoms with Crippen LogP contribution in [0.5, 0.6) is 0 Å². The Morgan fingerprint density at radius 1 is 1.27 bits per heavy atom. The molecule has 2 nitrogen and oxygen atoms in total. The van der Waals surface area contributed by atoms with Crippen LogP contribution in [0.2, 0.25) is 0 Å². The minimum atomic E-state index is 0.819. The molecule has 0 amide bonds. The van der Waals surface area contributed by atoms with E-state index < -0.39 is 0 Å². The van der Waals surface area contributed by atoms with Crippen molar-refractivity contribution in [3.63, 3.8) is 0 Å². The van der Waals surface area contributed by atoms with Gasteiger partial charge >= 0.3 is 0 Å². The summed E-state index contributed by atoms with van der Waals surface area (Å²) in [6.07, 6.45) is 0. The molecule has 0 heterocycles. The van der Waals surface area contributed by atoms with Crippen LogP contribution in [0.3, 0.4) is 0 Å². The van der Waals surface area contributed by atoms with Crippen molar-refractivity contribution in [3.05, 3.63) is 30.3 Å². The normalized spacial score (nSPS) is 8.18. The van der Waals surface area contributed by atoms with Gasteiger partial charge in [0.05, 0.1) is 0 Å². The molecule has 0 saturated carbocycles. The number of para-hydroxylation sites is 1. The van der Waals surface area contributed by atoms with Crippen LogP contribution in [-0.2, 0) is 4.74 Å². The van der Waals surface area contributed by atoms with Crippen LogP contribution in [0.15, 0.2) is 30.3 Å². The van der Waals surface area contributed by atoms with E-state index in [1.807, 2.05) is 37.3 Å². The minimum absolute atomic E-state index is 0.819. The van der Waals surface area contributed by atoms with Crippen LogP contribution in [0.25, 0.3) is 0 Å². The molecule has 0 aliphatic carbocycles. The summed E-state index contributed by atoms with van der Waals surface area (Å²) < 4.78 is 4.54. The third-order valence-electron chi connectivity index (χ3n) is 1.09. The maximum absolute atomic E-state index is 5.36. The van der Waals surface area contributed by atoms with Crippen LogP contribution >= 0.6 is 0 Å². The topological polar surface area (TPSA) is 35.2 Å². The van der Waals surface area contributed by atoms with Gasteiger partial charge in [-0.1, -0.05) is 18.2 Å². The fourth-order valence-corrected chi connectivity index (χ4v) is 0.453. The van der Waals surface area contributed by atoms with Gasteiger partial charge in [0.15, 0.2) is 0 Å². The molecule has 0 saturated heterocycles. The van der Waals surface area contributed by atoms with Gasteiger partial charge in [0.1, 0.15) is 0 Å². The summed E-state index contributed by atoms with van der Waals surface area (Å²) in [6.45, 7) is 2.78. The SMILES string of the molecule is CCOC.Nc1ccccc1. The molecule has 0 bridgehead atoms. The summed E-state index contributed by atoms with van der Waals surface area (Å²) in [5.74, 6) is 0. The molecule has 0 atom stereocenters. The molecule has 0 fully saturated rings. The van der Waals surface area contributed by atoms with Crippen LogP contribution in [-0.4, -0.2) is 13.7 Å². The van der Waals surface area contributed by atoms with Gasteiger partial charge in [-0.3, -0.25) is 0 Å². The summed E-state index contributed by atoms with van der Waals surface area (Å²) >= 11 is 0. The van der Waals surface area contributed by atoms with E-state index in [9.17, 15) is 0 Å². The van der Waals surface area contributed by atoms with Crippen LogP contribution in [0.1, 0.15) is 6.92 Å². The van der Waals surface area contributed by atoms with Gasteiger partial charge in [0.25, 0.3) is 0 Å². The molecule has 0 aliphatic rings. The molecule has 2 N–H and O–H groups in total. The zero-order valence-electron chi connectivity index (χ0n) is 7.08. The Kier molecular flexibility index (Phi) is 6.43. The highest BCUT2D eigenvalue weighted by atomic mass is 16.5. The number of hydrogen-bond donors (Lipinski definition) is 1. The smallest absolute Gasteiger partial charge is 0.0433 e. The number of anilines is 1. The lowest BCUT2D eigenvalue weighted by atomic mass is 10.3. The average Bonchev–Trinajstić information content (AvgIpc) is 2.07. The largest absolute Gasteiger partial charge is 0.399 e. The summed E-state index contributed by atoms with van der Waals surface area (Å²) in [6, 6.07) is 9.49. The van der Waals surface area contributed by atoms with Gasteiger partial charge < -0.3 is 10.5 Å². The third-order valence-corrected chi connectivity index (χ3v) is 1.09. The van der Waals surface area contributed by atoms with E-state index in [0.717, 1.165) is 12.3 Å². The molecule has 0 aliphatic heterocycles. The lowest BCUT2D eigenvalue weighted by molar-refractivity contribution is 0.215. The molecule has 0 spiro atoms. The van der Waals surface area contributed by atoms with E-state index in [2.05, 4.69) is 4.74 Å². The lowest BCUT2D eigenvalue weighted by Crippen LogP contribution is -1.79. The van der Waals surface area contributed by atoms with E-state index in [4.69, 9.17) is 5.73 Å². The first-order chi connectivity index (χ1) is 5.31. The highest BCUT2D eigenvalue weighted by molar-refractivity contribution is 5.35. The van der Waals surface area contributed by atoms with Crippen molar-refractivity contribution >= 4 is 5.69 Å². The van der Waals surface area contributed by atoms with Crippen molar-refractivity contribution in [3.8, 4) is 0 Å². The van der Waals surface area contributed by atoms with E-state index >= 15 is 0 Å². The van der Waals surface area contributed by atoms with Crippen LogP contribution in [0, 0.1) is 0 Å².